The maximum absolute atomic E-state index is 13.9. The average molecular weight is 601 g/mol. The highest BCUT2D eigenvalue weighted by molar-refractivity contribution is 9.10. The van der Waals surface area contributed by atoms with Gasteiger partial charge in [0.05, 0.1) is 10.6 Å². The van der Waals surface area contributed by atoms with Gasteiger partial charge in [-0.1, -0.05) is 71.7 Å². The zero-order chi connectivity index (χ0) is 27.7. The van der Waals surface area contributed by atoms with Crippen LogP contribution in [0.15, 0.2) is 88.2 Å². The number of aryl methyl sites for hydroxylation is 1. The van der Waals surface area contributed by atoms with Crippen molar-refractivity contribution in [3.63, 3.8) is 0 Å². The molecule has 0 saturated carbocycles. The molecule has 0 bridgehead atoms. The third kappa shape index (κ3) is 7.68. The molecular weight excluding hydrogens is 566 g/mol. The van der Waals surface area contributed by atoms with Crippen LogP contribution in [-0.4, -0.2) is 44.3 Å². The van der Waals surface area contributed by atoms with Crippen LogP contribution in [-0.2, 0) is 26.2 Å². The minimum absolute atomic E-state index is 0.0825. The predicted molar refractivity (Wildman–Crippen MR) is 154 cm³/mol. The van der Waals surface area contributed by atoms with Gasteiger partial charge in [-0.25, -0.2) is 8.42 Å². The van der Waals surface area contributed by atoms with E-state index in [2.05, 4.69) is 21.2 Å². The van der Waals surface area contributed by atoms with Crippen LogP contribution in [0.4, 0.5) is 5.69 Å². The fourth-order valence-electron chi connectivity index (χ4n) is 3.94. The molecule has 3 rings (SSSR count). The second-order valence-electron chi connectivity index (χ2n) is 9.13. The average Bonchev–Trinajstić information content (AvgIpc) is 2.91. The first-order chi connectivity index (χ1) is 18.1. The van der Waals surface area contributed by atoms with E-state index in [0.717, 1.165) is 32.7 Å². The van der Waals surface area contributed by atoms with Crippen molar-refractivity contribution in [2.24, 2.45) is 0 Å². The Bertz CT molecular complexity index is 1330. The molecule has 0 fully saturated rings. The molecular formula is C29H34BrN3O4S. The molecule has 0 spiro atoms. The van der Waals surface area contributed by atoms with Crippen LogP contribution < -0.4 is 9.62 Å². The van der Waals surface area contributed by atoms with Crippen molar-refractivity contribution in [3.8, 4) is 0 Å². The van der Waals surface area contributed by atoms with Crippen molar-refractivity contribution >= 4 is 43.5 Å². The fraction of sp³-hybridized carbons (Fsp3) is 0.310. The molecule has 7 nitrogen and oxygen atoms in total. The zero-order valence-corrected chi connectivity index (χ0v) is 24.3. The van der Waals surface area contributed by atoms with Gasteiger partial charge in [-0.05, 0) is 67.8 Å². The molecule has 9 heteroatoms. The van der Waals surface area contributed by atoms with Crippen LogP contribution in [0.5, 0.6) is 0 Å². The lowest BCUT2D eigenvalue weighted by molar-refractivity contribution is -0.139. The summed E-state index contributed by atoms with van der Waals surface area (Å²) in [6.45, 7) is 5.77. The van der Waals surface area contributed by atoms with Crippen molar-refractivity contribution in [2.45, 2.75) is 51.1 Å². The topological polar surface area (TPSA) is 86.8 Å². The summed E-state index contributed by atoms with van der Waals surface area (Å²) in [6.07, 6.45) is 1.76. The summed E-state index contributed by atoms with van der Waals surface area (Å²) in [4.78, 5) is 28.4. The lowest BCUT2D eigenvalue weighted by Gasteiger charge is -2.32. The van der Waals surface area contributed by atoms with Gasteiger partial charge in [-0.2, -0.15) is 0 Å². The van der Waals surface area contributed by atoms with Gasteiger partial charge >= 0.3 is 0 Å². The van der Waals surface area contributed by atoms with Gasteiger partial charge < -0.3 is 10.2 Å². The Kier molecular flexibility index (Phi) is 10.5. The van der Waals surface area contributed by atoms with E-state index in [1.807, 2.05) is 44.2 Å². The molecule has 0 radical (unpaired) electrons. The number of rotatable bonds is 12. The summed E-state index contributed by atoms with van der Waals surface area (Å²) in [6, 6.07) is 21.7. The standard InChI is InChI=1S/C29H34BrN3O4S/c1-4-5-18-31-29(35)23(3)32(20-24-14-16-25(30)17-15-24)28(34)21-33(26-11-9-10-22(2)19-26)38(36,37)27-12-7-6-8-13-27/h6-17,19,23H,4-5,18,20-21H2,1-3H3,(H,31,35)/t23-/m0/s1. The Morgan fingerprint density at radius 3 is 2.29 bits per heavy atom. The van der Waals surface area contributed by atoms with Gasteiger partial charge in [-0.3, -0.25) is 13.9 Å². The number of nitrogens with one attached hydrogen (secondary N) is 1. The van der Waals surface area contributed by atoms with E-state index < -0.39 is 28.5 Å². The Balaban J connectivity index is 1.98. The number of amides is 2. The monoisotopic (exact) mass is 599 g/mol. The Morgan fingerprint density at radius 1 is 0.974 bits per heavy atom. The number of carbonyl (C=O) groups excluding carboxylic acids is 2. The number of nitrogens with zero attached hydrogens (tertiary/aromatic N) is 2. The first-order valence-corrected chi connectivity index (χ1v) is 14.8. The van der Waals surface area contributed by atoms with E-state index >= 15 is 0 Å². The van der Waals surface area contributed by atoms with Crippen LogP contribution in [0.3, 0.4) is 0 Å². The number of carbonyl (C=O) groups is 2. The van der Waals surface area contributed by atoms with Crippen molar-refractivity contribution in [1.82, 2.24) is 10.2 Å². The molecule has 3 aromatic carbocycles. The van der Waals surface area contributed by atoms with E-state index in [4.69, 9.17) is 0 Å². The third-order valence-electron chi connectivity index (χ3n) is 6.16. The molecule has 0 aliphatic rings. The lowest BCUT2D eigenvalue weighted by Crippen LogP contribution is -2.51. The maximum atomic E-state index is 13.9. The van der Waals surface area contributed by atoms with Crippen LogP contribution >= 0.6 is 15.9 Å². The highest BCUT2D eigenvalue weighted by Crippen LogP contribution is 2.25. The van der Waals surface area contributed by atoms with E-state index in [1.54, 1.807) is 43.3 Å². The first-order valence-electron chi connectivity index (χ1n) is 12.6. The van der Waals surface area contributed by atoms with Crippen LogP contribution in [0, 0.1) is 6.92 Å². The first kappa shape index (κ1) is 29.4. The van der Waals surface area contributed by atoms with Gasteiger partial charge in [0.15, 0.2) is 0 Å². The number of sulfonamides is 1. The van der Waals surface area contributed by atoms with Crippen molar-refractivity contribution < 1.29 is 18.0 Å². The normalized spacial score (nSPS) is 12.0. The fourth-order valence-corrected chi connectivity index (χ4v) is 5.63. The molecule has 3 aromatic rings. The Hall–Kier alpha value is -3.17. The molecule has 202 valence electrons. The second kappa shape index (κ2) is 13.6. The minimum Gasteiger partial charge on any atom is -0.354 e. The predicted octanol–water partition coefficient (Wildman–Crippen LogP) is 5.29. The number of anilines is 1. The Morgan fingerprint density at radius 2 is 1.66 bits per heavy atom. The molecule has 38 heavy (non-hydrogen) atoms. The van der Waals surface area contributed by atoms with Gasteiger partial charge in [0.2, 0.25) is 11.8 Å². The van der Waals surface area contributed by atoms with Gasteiger partial charge in [0.25, 0.3) is 10.0 Å². The molecule has 1 N–H and O–H groups in total. The summed E-state index contributed by atoms with van der Waals surface area (Å²) < 4.78 is 29.5. The molecule has 2 amide bonds. The van der Waals surface area contributed by atoms with E-state index in [0.29, 0.717) is 12.2 Å². The highest BCUT2D eigenvalue weighted by Gasteiger charge is 2.32. The Labute approximate surface area is 234 Å². The number of hydrogen-bond acceptors (Lipinski definition) is 4. The summed E-state index contributed by atoms with van der Waals surface area (Å²) in [5, 5.41) is 2.89. The summed E-state index contributed by atoms with van der Waals surface area (Å²) in [7, 11) is -4.06. The van der Waals surface area contributed by atoms with Gasteiger partial charge in [-0.15, -0.1) is 0 Å². The summed E-state index contributed by atoms with van der Waals surface area (Å²) in [5.74, 6) is -0.760. The maximum Gasteiger partial charge on any atom is 0.264 e. The number of benzene rings is 3. The van der Waals surface area contributed by atoms with Crippen molar-refractivity contribution in [1.29, 1.82) is 0 Å². The van der Waals surface area contributed by atoms with Crippen LogP contribution in [0.2, 0.25) is 0 Å². The zero-order valence-electron chi connectivity index (χ0n) is 21.9. The van der Waals surface area contributed by atoms with E-state index in [9.17, 15) is 18.0 Å². The van der Waals surface area contributed by atoms with Crippen molar-refractivity contribution in [3.05, 3.63) is 94.5 Å². The SMILES string of the molecule is CCCCNC(=O)[C@H](C)N(Cc1ccc(Br)cc1)C(=O)CN(c1cccc(C)c1)S(=O)(=O)c1ccccc1. The molecule has 0 aromatic heterocycles. The smallest absolute Gasteiger partial charge is 0.264 e. The van der Waals surface area contributed by atoms with Crippen LogP contribution in [0.1, 0.15) is 37.8 Å². The summed E-state index contributed by atoms with van der Waals surface area (Å²) in [5.41, 5.74) is 2.06. The van der Waals surface area contributed by atoms with Gasteiger partial charge in [0, 0.05) is 17.6 Å². The number of halogens is 1. The molecule has 0 aliphatic heterocycles. The molecule has 0 unspecified atom stereocenters. The minimum atomic E-state index is -4.06. The second-order valence-corrected chi connectivity index (χ2v) is 11.9. The molecule has 0 aliphatic carbocycles. The summed E-state index contributed by atoms with van der Waals surface area (Å²) >= 11 is 3.42. The number of hydrogen-bond donors (Lipinski definition) is 1. The quantitative estimate of drug-likeness (QED) is 0.287. The molecule has 1 atom stereocenters. The molecule has 0 heterocycles. The third-order valence-corrected chi connectivity index (χ3v) is 8.48. The van der Waals surface area contributed by atoms with Crippen molar-refractivity contribution in [2.75, 3.05) is 17.4 Å². The molecule has 0 saturated heterocycles. The van der Waals surface area contributed by atoms with Crippen LogP contribution in [0.25, 0.3) is 0 Å². The van der Waals surface area contributed by atoms with E-state index in [-0.39, 0.29) is 17.3 Å². The van der Waals surface area contributed by atoms with Gasteiger partial charge in [0.1, 0.15) is 12.6 Å². The largest absolute Gasteiger partial charge is 0.354 e. The highest BCUT2D eigenvalue weighted by atomic mass is 79.9. The number of unbranched alkanes of at least 4 members (excludes halogenated alkanes) is 1. The van der Waals surface area contributed by atoms with E-state index in [1.165, 1.54) is 17.0 Å². The lowest BCUT2D eigenvalue weighted by atomic mass is 10.1.